The molecule has 322 valence electrons. The Morgan fingerprint density at radius 3 is 0.917 bits per heavy atom. The Morgan fingerprint density at radius 2 is 0.600 bits per heavy atom. The zero-order valence-electron chi connectivity index (χ0n) is 31.8. The molecule has 60 heavy (non-hydrogen) atoms. The molecule has 20 heteroatoms. The van der Waals surface area contributed by atoms with Crippen LogP contribution in [0.15, 0.2) is 146 Å². The van der Waals surface area contributed by atoms with Crippen LogP contribution in [0, 0.1) is 0 Å². The van der Waals surface area contributed by atoms with E-state index in [4.69, 9.17) is 0 Å². The lowest BCUT2D eigenvalue weighted by molar-refractivity contribution is 0.423. The highest BCUT2D eigenvalue weighted by Gasteiger charge is 2.28. The van der Waals surface area contributed by atoms with E-state index >= 15 is 0 Å². The molecule has 4 unspecified atom stereocenters. The van der Waals surface area contributed by atoms with Crippen molar-refractivity contribution in [2.45, 2.75) is 87.2 Å². The molecule has 15 nitrogen and oxygen atoms in total. The third-order valence-corrected chi connectivity index (χ3v) is 14.8. The molecule has 5 rings (SSSR count). The lowest BCUT2D eigenvalue weighted by Crippen LogP contribution is -2.14. The summed E-state index contributed by atoms with van der Waals surface area (Å²) in [5, 5.41) is 0. The summed E-state index contributed by atoms with van der Waals surface area (Å²) in [5.74, 6) is -1.46. The molecular weight excluding hydrogens is 881 g/mol. The van der Waals surface area contributed by atoms with Crippen LogP contribution in [-0.2, 0) is 57.0 Å². The number of rotatable bonds is 18. The third-order valence-electron chi connectivity index (χ3n) is 10.5. The van der Waals surface area contributed by atoms with E-state index in [0.29, 0.717) is 59.9 Å². The van der Waals surface area contributed by atoms with Crippen LogP contribution in [-0.4, -0.2) is 64.9 Å². The number of hydrogen-bond donors (Lipinski definition) is 5. The molecule has 0 aliphatic rings. The van der Waals surface area contributed by atoms with Crippen molar-refractivity contribution in [3.8, 4) is 0 Å². The van der Waals surface area contributed by atoms with E-state index in [9.17, 15) is 64.9 Å². The van der Waals surface area contributed by atoms with Crippen LogP contribution in [0.1, 0.15) is 84.1 Å². The summed E-state index contributed by atoms with van der Waals surface area (Å²) in [6.07, 6.45) is 1.83. The molecule has 0 amide bonds. The Bertz CT molecular complexity index is 2850. The van der Waals surface area contributed by atoms with Gasteiger partial charge in [-0.15, -0.1) is 0 Å². The molecule has 0 heterocycles. The molecule has 0 spiro atoms. The maximum Gasteiger partial charge on any atom is 0.294 e. The van der Waals surface area contributed by atoms with E-state index in [1.165, 1.54) is 60.7 Å². The second-order valence-corrected chi connectivity index (χ2v) is 21.6. The summed E-state index contributed by atoms with van der Waals surface area (Å²) >= 11 is 0. The van der Waals surface area contributed by atoms with E-state index in [0.717, 1.165) is 0 Å². The van der Waals surface area contributed by atoms with Crippen molar-refractivity contribution in [1.29, 1.82) is 0 Å². The van der Waals surface area contributed by atoms with Gasteiger partial charge < -0.3 is 0 Å². The Hall–Kier alpha value is -4.35. The minimum absolute atomic E-state index is 0.260. The van der Waals surface area contributed by atoms with Crippen LogP contribution in [0.4, 0.5) is 0 Å². The molecule has 0 saturated carbocycles. The zero-order chi connectivity index (χ0) is 44.3. The molecule has 0 aromatic heterocycles. The van der Waals surface area contributed by atoms with E-state index < -0.39 is 62.4 Å². The number of aryl methyl sites for hydroxylation is 1. The van der Waals surface area contributed by atoms with Crippen molar-refractivity contribution in [3.63, 3.8) is 0 Å². The fourth-order valence-corrected chi connectivity index (χ4v) is 9.68. The zero-order valence-corrected chi connectivity index (χ0v) is 35.8. The van der Waals surface area contributed by atoms with Crippen molar-refractivity contribution in [1.82, 2.24) is 0 Å². The van der Waals surface area contributed by atoms with Crippen LogP contribution >= 0.6 is 0 Å². The largest absolute Gasteiger partial charge is 0.294 e. The SMILES string of the molecule is CC(CC(CC(CC(CCc1ccc(S(=O)(=O)O)cc1)c1ccc(S(=O)(=O)O)cc1)c1ccc(S(=O)(=O)O)cc1)c1ccc(S(=O)(=O)O)cc1)c1ccc(S(=O)(=O)O)cc1. The Morgan fingerprint density at radius 1 is 0.350 bits per heavy atom. The van der Waals surface area contributed by atoms with Crippen LogP contribution in [0.2, 0.25) is 0 Å². The average molecular weight is 923 g/mol. The summed E-state index contributed by atoms with van der Waals surface area (Å²) < 4.78 is 166. The normalized spacial score (nSPS) is 14.9. The highest BCUT2D eigenvalue weighted by atomic mass is 32.2. The molecule has 5 N–H and O–H groups in total. The third kappa shape index (κ3) is 12.6. The fourth-order valence-electron chi connectivity index (χ4n) is 7.28. The van der Waals surface area contributed by atoms with E-state index in [2.05, 4.69) is 0 Å². The molecule has 4 atom stereocenters. The van der Waals surface area contributed by atoms with Gasteiger partial charge in [0, 0.05) is 0 Å². The van der Waals surface area contributed by atoms with E-state index in [1.54, 1.807) is 60.7 Å². The maximum absolute atomic E-state index is 12.0. The summed E-state index contributed by atoms with van der Waals surface area (Å²) in [6, 6.07) is 28.1. The molecule has 5 aromatic rings. The van der Waals surface area contributed by atoms with Crippen LogP contribution in [0.5, 0.6) is 0 Å². The van der Waals surface area contributed by atoms with Gasteiger partial charge in [0.1, 0.15) is 0 Å². The molecule has 0 bridgehead atoms. The summed E-state index contributed by atoms with van der Waals surface area (Å²) in [6.45, 7) is 1.89. The van der Waals surface area contributed by atoms with Gasteiger partial charge >= 0.3 is 0 Å². The van der Waals surface area contributed by atoms with Crippen molar-refractivity contribution < 1.29 is 64.9 Å². The second kappa shape index (κ2) is 18.3. The maximum atomic E-state index is 12.0. The Labute approximate surface area is 349 Å². The highest BCUT2D eigenvalue weighted by molar-refractivity contribution is 7.86. The lowest BCUT2D eigenvalue weighted by Gasteiger charge is -2.30. The van der Waals surface area contributed by atoms with E-state index in [1.807, 2.05) is 6.92 Å². The standard InChI is InChI=1S/C40H42O15S5/c1-27(29-6-16-37(17-7-29)57(44,45)46)24-34(31-10-20-39(21-11-31)59(50,51)52)26-35(32-12-22-40(23-13-32)60(53,54)55)25-33(30-8-18-38(19-9-30)58(47,48)49)5-2-28-3-14-36(15-4-28)56(41,42)43/h3-4,6-23,27,33-35H,2,5,24-26H2,1H3,(H,41,42,43)(H,44,45,46)(H,47,48,49)(H,50,51,52)(H,53,54,55). The monoisotopic (exact) mass is 922 g/mol. The summed E-state index contributed by atoms with van der Waals surface area (Å²) in [4.78, 5) is -1.62. The molecule has 0 aliphatic carbocycles. The number of hydrogen-bond acceptors (Lipinski definition) is 10. The van der Waals surface area contributed by atoms with Crippen molar-refractivity contribution in [3.05, 3.63) is 149 Å². The van der Waals surface area contributed by atoms with E-state index in [-0.39, 0.29) is 36.3 Å². The first-order valence-electron chi connectivity index (χ1n) is 18.2. The van der Waals surface area contributed by atoms with Gasteiger partial charge in [-0.1, -0.05) is 67.6 Å². The lowest BCUT2D eigenvalue weighted by atomic mass is 9.74. The minimum Gasteiger partial charge on any atom is -0.282 e. The van der Waals surface area contributed by atoms with Gasteiger partial charge in [0.15, 0.2) is 0 Å². The number of benzene rings is 5. The first-order valence-corrected chi connectivity index (χ1v) is 25.4. The first kappa shape index (κ1) is 46.7. The molecule has 5 aromatic carbocycles. The summed E-state index contributed by atoms with van der Waals surface area (Å²) in [7, 11) is -22.6. The van der Waals surface area contributed by atoms with Gasteiger partial charge in [-0.2, -0.15) is 42.1 Å². The van der Waals surface area contributed by atoms with Crippen molar-refractivity contribution >= 4 is 50.6 Å². The topological polar surface area (TPSA) is 272 Å². The minimum atomic E-state index is -4.57. The molecular formula is C40H42O15S5. The average Bonchev–Trinajstić information content (AvgIpc) is 3.17. The van der Waals surface area contributed by atoms with Crippen LogP contribution < -0.4 is 0 Å². The quantitative estimate of drug-likeness (QED) is 0.0545. The molecule has 0 radical (unpaired) electrons. The second-order valence-electron chi connectivity index (χ2n) is 14.5. The van der Waals surface area contributed by atoms with Gasteiger partial charge in [-0.05, 0) is 144 Å². The molecule has 0 aliphatic heterocycles. The Balaban J connectivity index is 1.59. The molecule has 0 fully saturated rings. The van der Waals surface area contributed by atoms with Crippen LogP contribution in [0.25, 0.3) is 0 Å². The first-order chi connectivity index (χ1) is 27.8. The van der Waals surface area contributed by atoms with Gasteiger partial charge in [-0.25, -0.2) is 0 Å². The van der Waals surface area contributed by atoms with Gasteiger partial charge in [0.05, 0.1) is 24.5 Å². The fraction of sp³-hybridized carbons (Fsp3) is 0.250. The van der Waals surface area contributed by atoms with Gasteiger partial charge in [-0.3, -0.25) is 22.8 Å². The van der Waals surface area contributed by atoms with Crippen molar-refractivity contribution in [2.75, 3.05) is 0 Å². The molecule has 0 saturated heterocycles. The highest BCUT2D eigenvalue weighted by Crippen LogP contribution is 2.43. The predicted molar refractivity (Wildman–Crippen MR) is 220 cm³/mol. The Kier molecular flexibility index (Phi) is 14.3. The summed E-state index contributed by atoms with van der Waals surface area (Å²) in [5.41, 5.74) is 3.40. The van der Waals surface area contributed by atoms with Crippen molar-refractivity contribution in [2.24, 2.45) is 0 Å². The smallest absolute Gasteiger partial charge is 0.282 e. The van der Waals surface area contributed by atoms with Gasteiger partial charge in [0.25, 0.3) is 50.6 Å². The predicted octanol–water partition coefficient (Wildman–Crippen LogP) is 7.18. The van der Waals surface area contributed by atoms with Crippen LogP contribution in [0.3, 0.4) is 0 Å². The van der Waals surface area contributed by atoms with Gasteiger partial charge in [0.2, 0.25) is 0 Å².